The molecule has 1 N–H and O–H groups in total. The first kappa shape index (κ1) is 10.5. The maximum absolute atomic E-state index is 4.68. The zero-order valence-corrected chi connectivity index (χ0v) is 10.8. The molecule has 86 valence electrons. The number of H-pyrrole nitrogens is 1. The Balaban J connectivity index is 2.25. The summed E-state index contributed by atoms with van der Waals surface area (Å²) in [5, 5.41) is 4.61. The number of hydrogen-bond donors (Lipinski definition) is 1. The van der Waals surface area contributed by atoms with Gasteiger partial charge in [-0.25, -0.2) is 4.98 Å². The van der Waals surface area contributed by atoms with Gasteiger partial charge in [0.1, 0.15) is 0 Å². The number of fused-ring (bicyclic) bond motifs is 1. The third-order valence-corrected chi connectivity index (χ3v) is 4.00. The predicted octanol–water partition coefficient (Wildman–Crippen LogP) is 4.16. The molecule has 1 aromatic carbocycles. The lowest BCUT2D eigenvalue weighted by atomic mass is 10.1. The normalized spacial score (nSPS) is 11.2. The molecule has 2 nitrogen and oxygen atoms in total. The standard InChI is InChI=1S/C14H14N2S/c1-3-13-16-12(8-17-13)14-9(2)15-11-7-5-4-6-10(11)14/h4-8,15H,3H2,1-2H3. The van der Waals surface area contributed by atoms with Gasteiger partial charge in [0.05, 0.1) is 10.7 Å². The van der Waals surface area contributed by atoms with Crippen LogP contribution in [-0.4, -0.2) is 9.97 Å². The molecule has 0 aliphatic heterocycles. The van der Waals surface area contributed by atoms with Crippen molar-refractivity contribution in [3.63, 3.8) is 0 Å². The largest absolute Gasteiger partial charge is 0.358 e. The molecule has 3 rings (SSSR count). The van der Waals surface area contributed by atoms with E-state index in [1.54, 1.807) is 11.3 Å². The van der Waals surface area contributed by atoms with Gasteiger partial charge in [0.2, 0.25) is 0 Å². The topological polar surface area (TPSA) is 28.7 Å². The van der Waals surface area contributed by atoms with Crippen molar-refractivity contribution in [2.45, 2.75) is 20.3 Å². The monoisotopic (exact) mass is 242 g/mol. The lowest BCUT2D eigenvalue weighted by Gasteiger charge is -1.96. The van der Waals surface area contributed by atoms with Gasteiger partial charge < -0.3 is 4.98 Å². The third kappa shape index (κ3) is 1.67. The molecular formula is C14H14N2S. The fraction of sp³-hybridized carbons (Fsp3) is 0.214. The minimum atomic E-state index is 1.01. The number of aromatic amines is 1. The van der Waals surface area contributed by atoms with Crippen molar-refractivity contribution in [2.24, 2.45) is 0 Å². The number of aromatic nitrogens is 2. The second-order valence-electron chi connectivity index (χ2n) is 4.15. The van der Waals surface area contributed by atoms with Crippen molar-refractivity contribution in [1.29, 1.82) is 0 Å². The molecule has 0 aliphatic rings. The molecule has 3 heteroatoms. The van der Waals surface area contributed by atoms with Gasteiger partial charge in [0.25, 0.3) is 0 Å². The van der Waals surface area contributed by atoms with Gasteiger partial charge in [0, 0.05) is 27.5 Å². The second-order valence-corrected chi connectivity index (χ2v) is 5.09. The van der Waals surface area contributed by atoms with Crippen LogP contribution >= 0.6 is 11.3 Å². The quantitative estimate of drug-likeness (QED) is 0.718. The molecule has 2 aromatic heterocycles. The summed E-state index contributed by atoms with van der Waals surface area (Å²) in [6.45, 7) is 4.25. The summed E-state index contributed by atoms with van der Waals surface area (Å²) >= 11 is 1.74. The number of nitrogens with one attached hydrogen (secondary N) is 1. The van der Waals surface area contributed by atoms with E-state index in [-0.39, 0.29) is 0 Å². The molecule has 0 amide bonds. The Labute approximate surface area is 104 Å². The fourth-order valence-electron chi connectivity index (χ4n) is 2.19. The molecular weight excluding hydrogens is 228 g/mol. The highest BCUT2D eigenvalue weighted by atomic mass is 32.1. The highest BCUT2D eigenvalue weighted by Gasteiger charge is 2.12. The number of thiazole rings is 1. The average Bonchev–Trinajstić information content (AvgIpc) is 2.91. The van der Waals surface area contributed by atoms with Crippen LogP contribution in [0.25, 0.3) is 22.2 Å². The summed E-state index contributed by atoms with van der Waals surface area (Å²) in [5.41, 5.74) is 4.73. The van der Waals surface area contributed by atoms with E-state index in [1.807, 2.05) is 0 Å². The lowest BCUT2D eigenvalue weighted by molar-refractivity contribution is 1.10. The first-order valence-electron chi connectivity index (χ1n) is 5.81. The zero-order chi connectivity index (χ0) is 11.8. The number of aryl methyl sites for hydroxylation is 2. The van der Waals surface area contributed by atoms with Crippen molar-refractivity contribution in [3.05, 3.63) is 40.3 Å². The van der Waals surface area contributed by atoms with Crippen molar-refractivity contribution < 1.29 is 0 Å². The molecule has 0 radical (unpaired) electrons. The lowest BCUT2D eigenvalue weighted by Crippen LogP contribution is -1.81. The minimum Gasteiger partial charge on any atom is -0.358 e. The average molecular weight is 242 g/mol. The van der Waals surface area contributed by atoms with Crippen LogP contribution < -0.4 is 0 Å². The molecule has 0 unspecified atom stereocenters. The van der Waals surface area contributed by atoms with E-state index < -0.39 is 0 Å². The molecule has 0 saturated carbocycles. The fourth-order valence-corrected chi connectivity index (χ4v) is 2.93. The summed E-state index contributed by atoms with van der Waals surface area (Å²) in [7, 11) is 0. The van der Waals surface area contributed by atoms with E-state index in [9.17, 15) is 0 Å². The Morgan fingerprint density at radius 1 is 1.29 bits per heavy atom. The molecule has 0 atom stereocenters. The third-order valence-electron chi connectivity index (χ3n) is 3.00. The van der Waals surface area contributed by atoms with Crippen molar-refractivity contribution in [2.75, 3.05) is 0 Å². The van der Waals surface area contributed by atoms with Crippen molar-refractivity contribution >= 4 is 22.2 Å². The number of rotatable bonds is 2. The van der Waals surface area contributed by atoms with Gasteiger partial charge in [-0.1, -0.05) is 25.1 Å². The highest BCUT2D eigenvalue weighted by molar-refractivity contribution is 7.09. The predicted molar refractivity (Wildman–Crippen MR) is 73.5 cm³/mol. The van der Waals surface area contributed by atoms with E-state index in [0.717, 1.165) is 12.1 Å². The molecule has 0 aliphatic carbocycles. The van der Waals surface area contributed by atoms with Crippen LogP contribution in [0.3, 0.4) is 0 Å². The summed E-state index contributed by atoms with van der Waals surface area (Å²) in [6.07, 6.45) is 1.01. The highest BCUT2D eigenvalue weighted by Crippen LogP contribution is 2.32. The van der Waals surface area contributed by atoms with Gasteiger partial charge in [-0.05, 0) is 19.4 Å². The smallest absolute Gasteiger partial charge is 0.0929 e. The maximum atomic E-state index is 4.68. The number of nitrogens with zero attached hydrogens (tertiary/aromatic N) is 1. The summed E-state index contributed by atoms with van der Waals surface area (Å²) < 4.78 is 0. The number of hydrogen-bond acceptors (Lipinski definition) is 2. The van der Waals surface area contributed by atoms with Gasteiger partial charge >= 0.3 is 0 Å². The summed E-state index contributed by atoms with van der Waals surface area (Å²) in [4.78, 5) is 8.10. The van der Waals surface area contributed by atoms with Crippen LogP contribution in [0.4, 0.5) is 0 Å². The Morgan fingerprint density at radius 2 is 2.12 bits per heavy atom. The van der Waals surface area contributed by atoms with Crippen LogP contribution in [0.5, 0.6) is 0 Å². The van der Waals surface area contributed by atoms with Crippen LogP contribution in [0.1, 0.15) is 17.6 Å². The van der Waals surface area contributed by atoms with Gasteiger partial charge in [-0.15, -0.1) is 11.3 Å². The van der Waals surface area contributed by atoms with Crippen LogP contribution in [0.15, 0.2) is 29.6 Å². The number of para-hydroxylation sites is 1. The zero-order valence-electron chi connectivity index (χ0n) is 9.95. The molecule has 17 heavy (non-hydrogen) atoms. The molecule has 2 heterocycles. The molecule has 3 aromatic rings. The molecule has 0 spiro atoms. The van der Waals surface area contributed by atoms with Crippen LogP contribution in [-0.2, 0) is 6.42 Å². The van der Waals surface area contributed by atoms with E-state index in [4.69, 9.17) is 0 Å². The van der Waals surface area contributed by atoms with E-state index in [2.05, 4.69) is 53.5 Å². The Kier molecular flexibility index (Phi) is 2.48. The van der Waals surface area contributed by atoms with Crippen LogP contribution in [0.2, 0.25) is 0 Å². The van der Waals surface area contributed by atoms with Gasteiger partial charge in [-0.2, -0.15) is 0 Å². The maximum Gasteiger partial charge on any atom is 0.0929 e. The minimum absolute atomic E-state index is 1.01. The number of benzene rings is 1. The molecule has 0 fully saturated rings. The van der Waals surface area contributed by atoms with Crippen molar-refractivity contribution in [3.8, 4) is 11.3 Å². The molecule has 0 saturated heterocycles. The first-order valence-corrected chi connectivity index (χ1v) is 6.69. The Hall–Kier alpha value is -1.61. The molecule has 0 bridgehead atoms. The van der Waals surface area contributed by atoms with Crippen LogP contribution in [0, 0.1) is 6.92 Å². The van der Waals surface area contributed by atoms with Crippen molar-refractivity contribution in [1.82, 2.24) is 9.97 Å². The Morgan fingerprint density at radius 3 is 2.88 bits per heavy atom. The van der Waals surface area contributed by atoms with E-state index >= 15 is 0 Å². The second kappa shape index (κ2) is 4.00. The van der Waals surface area contributed by atoms with E-state index in [0.29, 0.717) is 0 Å². The summed E-state index contributed by atoms with van der Waals surface area (Å²) in [6, 6.07) is 8.39. The SMILES string of the molecule is CCc1nc(-c2c(C)[nH]c3ccccc23)cs1. The van der Waals surface area contributed by atoms with Gasteiger partial charge in [0.15, 0.2) is 0 Å². The summed E-state index contributed by atoms with van der Waals surface area (Å²) in [5.74, 6) is 0. The van der Waals surface area contributed by atoms with Gasteiger partial charge in [-0.3, -0.25) is 0 Å². The first-order chi connectivity index (χ1) is 8.29. The Bertz CT molecular complexity index is 664. The van der Waals surface area contributed by atoms with E-state index in [1.165, 1.54) is 27.2 Å².